The molecule has 0 saturated heterocycles. The predicted molar refractivity (Wildman–Crippen MR) is 127 cm³/mol. The van der Waals surface area contributed by atoms with Crippen molar-refractivity contribution in [2.75, 3.05) is 44.6 Å². The number of fused-ring (bicyclic) bond motifs is 1. The molecular formula is C20H24ClN3OS3. The van der Waals surface area contributed by atoms with Crippen LogP contribution in [-0.4, -0.2) is 55.5 Å². The molecule has 28 heavy (non-hydrogen) atoms. The molecule has 2 aromatic carbocycles. The summed E-state index contributed by atoms with van der Waals surface area (Å²) in [6.45, 7) is 1.38. The average Bonchev–Trinajstić information content (AvgIpc) is 3.10. The molecule has 0 aliphatic carbocycles. The fraction of sp³-hybridized carbons (Fsp3) is 0.300. The van der Waals surface area contributed by atoms with E-state index in [9.17, 15) is 4.79 Å². The van der Waals surface area contributed by atoms with Crippen LogP contribution in [0.2, 0.25) is 0 Å². The van der Waals surface area contributed by atoms with Crippen LogP contribution in [0.15, 0.2) is 52.3 Å². The molecule has 3 aromatic rings. The standard InChI is InChI=1S/C20H23N3OS3.ClH/c1-22(2)10-11-23(19(24)14-6-5-7-15(12-14)25-3)20-21-17-9-8-16(26-4)13-18(17)27-20;/h5-9,12-13H,10-11H2,1-4H3;1H. The zero-order chi connectivity index (χ0) is 19.4. The van der Waals surface area contributed by atoms with E-state index < -0.39 is 0 Å². The molecule has 0 N–H and O–H groups in total. The minimum atomic E-state index is -0.00287. The Morgan fingerprint density at radius 2 is 1.75 bits per heavy atom. The summed E-state index contributed by atoms with van der Waals surface area (Å²) in [7, 11) is 4.03. The van der Waals surface area contributed by atoms with Gasteiger partial charge in [0.1, 0.15) is 0 Å². The third-order valence-electron chi connectivity index (χ3n) is 4.15. The van der Waals surface area contributed by atoms with Crippen molar-refractivity contribution in [2.45, 2.75) is 9.79 Å². The van der Waals surface area contributed by atoms with Gasteiger partial charge in [0.05, 0.1) is 10.2 Å². The smallest absolute Gasteiger partial charge is 0.260 e. The number of halogens is 1. The molecule has 1 heterocycles. The third kappa shape index (κ3) is 5.42. The molecule has 0 unspecified atom stereocenters. The van der Waals surface area contributed by atoms with Gasteiger partial charge >= 0.3 is 0 Å². The second-order valence-electron chi connectivity index (χ2n) is 6.32. The van der Waals surface area contributed by atoms with Gasteiger partial charge < -0.3 is 4.90 Å². The Balaban J connectivity index is 0.00000280. The van der Waals surface area contributed by atoms with Crippen molar-refractivity contribution in [3.8, 4) is 0 Å². The van der Waals surface area contributed by atoms with Gasteiger partial charge in [0.2, 0.25) is 0 Å². The van der Waals surface area contributed by atoms with E-state index in [1.165, 1.54) is 4.90 Å². The van der Waals surface area contributed by atoms with Gasteiger partial charge in [-0.3, -0.25) is 9.69 Å². The fourth-order valence-corrected chi connectivity index (χ4v) is 4.63. The Hall–Kier alpha value is -1.25. The number of hydrogen-bond donors (Lipinski definition) is 0. The second-order valence-corrected chi connectivity index (χ2v) is 9.09. The minimum absolute atomic E-state index is 0. The topological polar surface area (TPSA) is 36.4 Å². The summed E-state index contributed by atoms with van der Waals surface area (Å²) in [5.74, 6) is -0.00287. The Kier molecular flexibility index (Phi) is 8.64. The number of anilines is 1. The van der Waals surface area contributed by atoms with Crippen LogP contribution in [0.25, 0.3) is 10.2 Å². The lowest BCUT2D eigenvalue weighted by molar-refractivity contribution is 0.0985. The lowest BCUT2D eigenvalue weighted by atomic mass is 10.2. The number of thioether (sulfide) groups is 2. The summed E-state index contributed by atoms with van der Waals surface area (Å²) in [6.07, 6.45) is 4.08. The summed E-state index contributed by atoms with van der Waals surface area (Å²) >= 11 is 4.93. The molecule has 0 saturated carbocycles. The number of carbonyl (C=O) groups excluding carboxylic acids is 1. The van der Waals surface area contributed by atoms with Crippen molar-refractivity contribution in [2.24, 2.45) is 0 Å². The highest BCUT2D eigenvalue weighted by Crippen LogP contribution is 2.32. The Morgan fingerprint density at radius 1 is 1.04 bits per heavy atom. The number of rotatable bonds is 7. The van der Waals surface area contributed by atoms with E-state index in [1.807, 2.05) is 55.6 Å². The third-order valence-corrected chi connectivity index (χ3v) is 6.64. The molecule has 1 aromatic heterocycles. The first kappa shape index (κ1) is 23.0. The van der Waals surface area contributed by atoms with Crippen LogP contribution >= 0.6 is 47.3 Å². The van der Waals surface area contributed by atoms with E-state index in [2.05, 4.69) is 23.3 Å². The highest BCUT2D eigenvalue weighted by atomic mass is 35.5. The highest BCUT2D eigenvalue weighted by molar-refractivity contribution is 7.98. The summed E-state index contributed by atoms with van der Waals surface area (Å²) in [6, 6.07) is 14.0. The van der Waals surface area contributed by atoms with Crippen molar-refractivity contribution in [3.63, 3.8) is 0 Å². The van der Waals surface area contributed by atoms with Crippen molar-refractivity contribution in [3.05, 3.63) is 48.0 Å². The molecule has 4 nitrogen and oxygen atoms in total. The SMILES string of the molecule is CSc1cccc(C(=O)N(CCN(C)C)c2nc3ccc(SC)cc3s2)c1.Cl. The molecule has 8 heteroatoms. The van der Waals surface area contributed by atoms with E-state index >= 15 is 0 Å². The molecule has 0 spiro atoms. The quantitative estimate of drug-likeness (QED) is 0.449. The van der Waals surface area contributed by atoms with Gasteiger partial charge in [0.15, 0.2) is 5.13 Å². The molecule has 1 amide bonds. The molecule has 0 bridgehead atoms. The summed E-state index contributed by atoms with van der Waals surface area (Å²) in [5, 5.41) is 0.754. The van der Waals surface area contributed by atoms with Gasteiger partial charge in [0, 0.05) is 28.4 Å². The van der Waals surface area contributed by atoms with E-state index in [1.54, 1.807) is 34.9 Å². The second kappa shape index (κ2) is 10.5. The van der Waals surface area contributed by atoms with Gasteiger partial charge in [-0.2, -0.15) is 0 Å². The number of nitrogens with zero attached hydrogens (tertiary/aromatic N) is 3. The zero-order valence-corrected chi connectivity index (χ0v) is 19.6. The van der Waals surface area contributed by atoms with Crippen molar-refractivity contribution in [1.82, 2.24) is 9.88 Å². The summed E-state index contributed by atoms with van der Waals surface area (Å²) in [5.41, 5.74) is 1.64. The first-order chi connectivity index (χ1) is 13.0. The minimum Gasteiger partial charge on any atom is -0.308 e. The number of hydrogen-bond acceptors (Lipinski definition) is 6. The first-order valence-electron chi connectivity index (χ1n) is 8.57. The molecule has 3 rings (SSSR count). The van der Waals surface area contributed by atoms with E-state index in [4.69, 9.17) is 4.98 Å². The maximum absolute atomic E-state index is 13.3. The first-order valence-corrected chi connectivity index (χ1v) is 11.8. The number of likely N-dealkylation sites (N-methyl/N-ethyl adjacent to an activating group) is 1. The molecule has 0 aliphatic rings. The van der Waals surface area contributed by atoms with Crippen molar-refractivity contribution >= 4 is 68.5 Å². The highest BCUT2D eigenvalue weighted by Gasteiger charge is 2.21. The zero-order valence-electron chi connectivity index (χ0n) is 16.3. The molecule has 0 fully saturated rings. The van der Waals surface area contributed by atoms with Crippen LogP contribution in [0, 0.1) is 0 Å². The largest absolute Gasteiger partial charge is 0.308 e. The normalized spacial score (nSPS) is 10.9. The van der Waals surface area contributed by atoms with Gasteiger partial charge in [-0.25, -0.2) is 4.98 Å². The lowest BCUT2D eigenvalue weighted by Gasteiger charge is -2.22. The summed E-state index contributed by atoms with van der Waals surface area (Å²) in [4.78, 5) is 24.2. The maximum Gasteiger partial charge on any atom is 0.260 e. The average molecular weight is 454 g/mol. The molecule has 0 aliphatic heterocycles. The van der Waals surface area contributed by atoms with Crippen molar-refractivity contribution < 1.29 is 4.79 Å². The van der Waals surface area contributed by atoms with Crippen LogP contribution in [0.1, 0.15) is 10.4 Å². The van der Waals surface area contributed by atoms with E-state index in [0.717, 1.165) is 26.8 Å². The van der Waals surface area contributed by atoms with Gasteiger partial charge in [-0.1, -0.05) is 17.4 Å². The molecule has 150 valence electrons. The fourth-order valence-electron chi connectivity index (χ4n) is 2.63. The number of thiazole rings is 1. The maximum atomic E-state index is 13.3. The van der Waals surface area contributed by atoms with E-state index in [0.29, 0.717) is 12.1 Å². The van der Waals surface area contributed by atoms with Gasteiger partial charge in [0.25, 0.3) is 5.91 Å². The van der Waals surface area contributed by atoms with Gasteiger partial charge in [-0.05, 0) is 63.0 Å². The monoisotopic (exact) mass is 453 g/mol. The van der Waals surface area contributed by atoms with Crippen molar-refractivity contribution in [1.29, 1.82) is 0 Å². The Bertz CT molecular complexity index is 945. The molecule has 0 radical (unpaired) electrons. The number of benzene rings is 2. The number of carbonyl (C=O) groups is 1. The molecular weight excluding hydrogens is 430 g/mol. The Labute approximate surface area is 185 Å². The molecule has 0 atom stereocenters. The Morgan fingerprint density at radius 3 is 2.43 bits per heavy atom. The van der Waals surface area contributed by atoms with E-state index in [-0.39, 0.29) is 18.3 Å². The predicted octanol–water partition coefficient (Wildman–Crippen LogP) is 5.37. The lowest BCUT2D eigenvalue weighted by Crippen LogP contribution is -2.36. The number of aromatic nitrogens is 1. The van der Waals surface area contributed by atoms with Crippen LogP contribution in [0.4, 0.5) is 5.13 Å². The van der Waals surface area contributed by atoms with Crippen LogP contribution < -0.4 is 4.90 Å². The summed E-state index contributed by atoms with van der Waals surface area (Å²) < 4.78 is 1.11. The van der Waals surface area contributed by atoms with Gasteiger partial charge in [-0.15, -0.1) is 35.9 Å². The van der Waals surface area contributed by atoms with Crippen LogP contribution in [0.3, 0.4) is 0 Å². The van der Waals surface area contributed by atoms with Crippen LogP contribution in [-0.2, 0) is 0 Å². The number of amides is 1. The van der Waals surface area contributed by atoms with Crippen LogP contribution in [0.5, 0.6) is 0 Å².